The Balaban J connectivity index is 1.74. The van der Waals surface area contributed by atoms with Crippen LogP contribution in [0.25, 0.3) is 0 Å². The molecule has 1 N–H and O–H groups in total. The summed E-state index contributed by atoms with van der Waals surface area (Å²) in [5.41, 5.74) is 2.75. The lowest BCUT2D eigenvalue weighted by molar-refractivity contribution is -0.143. The Kier molecular flexibility index (Phi) is 3.71. The van der Waals surface area contributed by atoms with Gasteiger partial charge >= 0.3 is 5.97 Å². The van der Waals surface area contributed by atoms with Gasteiger partial charge in [0.1, 0.15) is 0 Å². The van der Waals surface area contributed by atoms with Crippen molar-refractivity contribution < 1.29 is 14.7 Å². The maximum absolute atomic E-state index is 12.7. The number of aryl methyl sites for hydroxylation is 1. The average molecular weight is 301 g/mol. The standard InChI is InChI=1S/C18H23NO3/c1-12(17(21)22)11-19(2)16(20)15-10-18(15)9-5-7-13-6-3-4-8-14(13)18/h3-4,6,8,12,15H,5,7,9-11H2,1-2H3,(H,21,22). The second-order valence-electron chi connectivity index (χ2n) is 6.88. The van der Waals surface area contributed by atoms with Gasteiger partial charge in [-0.1, -0.05) is 31.2 Å². The molecule has 3 unspecified atom stereocenters. The smallest absolute Gasteiger partial charge is 0.308 e. The van der Waals surface area contributed by atoms with E-state index in [2.05, 4.69) is 24.3 Å². The monoisotopic (exact) mass is 301 g/mol. The minimum Gasteiger partial charge on any atom is -0.481 e. The molecular formula is C18H23NO3. The van der Waals surface area contributed by atoms with Crippen molar-refractivity contribution in [3.63, 3.8) is 0 Å². The van der Waals surface area contributed by atoms with Crippen LogP contribution in [-0.4, -0.2) is 35.5 Å². The van der Waals surface area contributed by atoms with Gasteiger partial charge in [0.25, 0.3) is 0 Å². The van der Waals surface area contributed by atoms with Crippen molar-refractivity contribution >= 4 is 11.9 Å². The zero-order chi connectivity index (χ0) is 15.9. The van der Waals surface area contributed by atoms with Gasteiger partial charge in [-0.3, -0.25) is 9.59 Å². The van der Waals surface area contributed by atoms with Crippen LogP contribution in [-0.2, 0) is 21.4 Å². The van der Waals surface area contributed by atoms with Crippen molar-refractivity contribution in [2.75, 3.05) is 13.6 Å². The Morgan fingerprint density at radius 2 is 2.14 bits per heavy atom. The highest BCUT2D eigenvalue weighted by Gasteiger charge is 2.60. The van der Waals surface area contributed by atoms with E-state index >= 15 is 0 Å². The minimum atomic E-state index is -0.854. The number of carboxylic acid groups (broad SMARTS) is 1. The van der Waals surface area contributed by atoms with E-state index in [4.69, 9.17) is 5.11 Å². The van der Waals surface area contributed by atoms with Crippen LogP contribution in [0, 0.1) is 11.8 Å². The predicted octanol–water partition coefficient (Wildman–Crippen LogP) is 2.46. The predicted molar refractivity (Wildman–Crippen MR) is 83.6 cm³/mol. The van der Waals surface area contributed by atoms with Crippen molar-refractivity contribution in [1.82, 2.24) is 4.90 Å². The number of fused-ring (bicyclic) bond motifs is 2. The molecule has 1 aromatic rings. The van der Waals surface area contributed by atoms with Crippen molar-refractivity contribution in [2.24, 2.45) is 11.8 Å². The van der Waals surface area contributed by atoms with Crippen LogP contribution in [0.3, 0.4) is 0 Å². The van der Waals surface area contributed by atoms with Crippen LogP contribution in [0.5, 0.6) is 0 Å². The maximum Gasteiger partial charge on any atom is 0.308 e. The van der Waals surface area contributed by atoms with Crippen LogP contribution in [0.1, 0.15) is 37.3 Å². The molecule has 1 aromatic carbocycles. The van der Waals surface area contributed by atoms with Gasteiger partial charge in [0.15, 0.2) is 0 Å². The molecule has 3 atom stereocenters. The normalized spacial score (nSPS) is 27.1. The summed E-state index contributed by atoms with van der Waals surface area (Å²) >= 11 is 0. The Morgan fingerprint density at radius 1 is 1.41 bits per heavy atom. The number of rotatable bonds is 4. The van der Waals surface area contributed by atoms with E-state index in [9.17, 15) is 9.59 Å². The first kappa shape index (κ1) is 15.1. The molecule has 1 fully saturated rings. The van der Waals surface area contributed by atoms with Gasteiger partial charge in [-0.05, 0) is 36.8 Å². The number of aliphatic carboxylic acids is 1. The first-order valence-electron chi connectivity index (χ1n) is 8.02. The lowest BCUT2D eigenvalue weighted by Crippen LogP contribution is -2.36. The zero-order valence-electron chi connectivity index (χ0n) is 13.2. The van der Waals surface area contributed by atoms with Crippen LogP contribution in [0.4, 0.5) is 0 Å². The molecule has 0 aliphatic heterocycles. The summed E-state index contributed by atoms with van der Waals surface area (Å²) in [4.78, 5) is 25.2. The first-order chi connectivity index (χ1) is 10.5. The van der Waals surface area contributed by atoms with Gasteiger partial charge in [0.05, 0.1) is 5.92 Å². The van der Waals surface area contributed by atoms with E-state index in [0.29, 0.717) is 0 Å². The fourth-order valence-corrected chi connectivity index (χ4v) is 4.00. The molecule has 0 aromatic heterocycles. The van der Waals surface area contributed by atoms with Crippen LogP contribution >= 0.6 is 0 Å². The molecular weight excluding hydrogens is 278 g/mol. The summed E-state index contributed by atoms with van der Waals surface area (Å²) in [6, 6.07) is 8.47. The number of nitrogens with zero attached hydrogens (tertiary/aromatic N) is 1. The minimum absolute atomic E-state index is 0.0205. The first-order valence-corrected chi connectivity index (χ1v) is 8.02. The van der Waals surface area contributed by atoms with Crippen molar-refractivity contribution in [3.05, 3.63) is 35.4 Å². The third-order valence-corrected chi connectivity index (χ3v) is 5.34. The molecule has 1 amide bonds. The van der Waals surface area contributed by atoms with E-state index in [1.54, 1.807) is 18.9 Å². The van der Waals surface area contributed by atoms with Gasteiger partial charge in [-0.25, -0.2) is 0 Å². The summed E-state index contributed by atoms with van der Waals surface area (Å²) in [6.07, 6.45) is 4.22. The number of carboxylic acids is 1. The molecule has 2 aliphatic rings. The van der Waals surface area contributed by atoms with Crippen molar-refractivity contribution in [3.8, 4) is 0 Å². The largest absolute Gasteiger partial charge is 0.481 e. The molecule has 0 bridgehead atoms. The SMILES string of the molecule is CC(CN(C)C(=O)C1CC12CCCc1ccccc12)C(=O)O. The third-order valence-electron chi connectivity index (χ3n) is 5.34. The maximum atomic E-state index is 12.7. The Labute approximate surface area is 131 Å². The van der Waals surface area contributed by atoms with E-state index in [-0.39, 0.29) is 23.8 Å². The lowest BCUT2D eigenvalue weighted by atomic mass is 9.78. The highest BCUT2D eigenvalue weighted by molar-refractivity contribution is 5.85. The van der Waals surface area contributed by atoms with Gasteiger partial charge < -0.3 is 10.0 Å². The van der Waals surface area contributed by atoms with Gasteiger partial charge in [0.2, 0.25) is 5.91 Å². The number of carbonyl (C=O) groups excluding carboxylic acids is 1. The van der Waals surface area contributed by atoms with E-state index < -0.39 is 11.9 Å². The van der Waals surface area contributed by atoms with E-state index in [1.165, 1.54) is 11.1 Å². The molecule has 2 aliphatic carbocycles. The number of amides is 1. The molecule has 4 nitrogen and oxygen atoms in total. The second kappa shape index (κ2) is 5.41. The fraction of sp³-hybridized carbons (Fsp3) is 0.556. The Hall–Kier alpha value is -1.84. The van der Waals surface area contributed by atoms with Gasteiger partial charge in [-0.15, -0.1) is 0 Å². The Morgan fingerprint density at radius 3 is 2.86 bits per heavy atom. The van der Waals surface area contributed by atoms with Crippen LogP contribution < -0.4 is 0 Å². The number of hydrogen-bond donors (Lipinski definition) is 1. The lowest BCUT2D eigenvalue weighted by Gasteiger charge is -2.28. The molecule has 0 radical (unpaired) electrons. The summed E-state index contributed by atoms with van der Waals surface area (Å²) in [7, 11) is 1.72. The quantitative estimate of drug-likeness (QED) is 0.929. The molecule has 4 heteroatoms. The van der Waals surface area contributed by atoms with Crippen LogP contribution in [0.2, 0.25) is 0 Å². The van der Waals surface area contributed by atoms with Crippen molar-refractivity contribution in [2.45, 2.75) is 38.0 Å². The summed E-state index contributed by atoms with van der Waals surface area (Å²) in [5, 5.41) is 9.00. The molecule has 0 heterocycles. The number of hydrogen-bond acceptors (Lipinski definition) is 2. The molecule has 118 valence electrons. The molecule has 22 heavy (non-hydrogen) atoms. The highest BCUT2D eigenvalue weighted by Crippen LogP contribution is 2.60. The zero-order valence-corrected chi connectivity index (χ0v) is 13.2. The number of benzene rings is 1. The van der Waals surface area contributed by atoms with E-state index in [0.717, 1.165) is 25.7 Å². The second-order valence-corrected chi connectivity index (χ2v) is 6.88. The average Bonchev–Trinajstić information content (AvgIpc) is 3.21. The fourth-order valence-electron chi connectivity index (χ4n) is 4.00. The molecule has 0 saturated heterocycles. The summed E-state index contributed by atoms with van der Waals surface area (Å²) in [6.45, 7) is 1.92. The van der Waals surface area contributed by atoms with Gasteiger partial charge in [-0.2, -0.15) is 0 Å². The summed E-state index contributed by atoms with van der Waals surface area (Å²) < 4.78 is 0. The van der Waals surface area contributed by atoms with Gasteiger partial charge in [0, 0.05) is 24.9 Å². The third kappa shape index (κ3) is 2.40. The van der Waals surface area contributed by atoms with E-state index in [1.807, 2.05) is 0 Å². The molecule has 1 spiro atoms. The Bertz CT molecular complexity index is 612. The highest BCUT2D eigenvalue weighted by atomic mass is 16.4. The topological polar surface area (TPSA) is 57.6 Å². The number of carbonyl (C=O) groups is 2. The molecule has 3 rings (SSSR count). The molecule has 1 saturated carbocycles. The van der Waals surface area contributed by atoms with Crippen LogP contribution in [0.15, 0.2) is 24.3 Å². The van der Waals surface area contributed by atoms with Crippen molar-refractivity contribution in [1.29, 1.82) is 0 Å². The summed E-state index contributed by atoms with van der Waals surface area (Å²) in [5.74, 6) is -1.25.